The van der Waals surface area contributed by atoms with E-state index in [1.807, 2.05) is 6.08 Å². The third kappa shape index (κ3) is 41.7. The van der Waals surface area contributed by atoms with Crippen molar-refractivity contribution in [3.63, 3.8) is 0 Å². The molecule has 1 aliphatic heterocycles. The maximum absolute atomic E-state index is 13.4. The van der Waals surface area contributed by atoms with Gasteiger partial charge in [-0.2, -0.15) is 0 Å². The molecule has 1 saturated heterocycles. The van der Waals surface area contributed by atoms with Crippen LogP contribution in [0.2, 0.25) is 0 Å². The molecule has 1 amide bonds. The summed E-state index contributed by atoms with van der Waals surface area (Å²) in [5.74, 6) is -1.22. The summed E-state index contributed by atoms with van der Waals surface area (Å²) in [7, 11) is 0. The number of hydrogen-bond acceptors (Lipinski definition) is 10. The van der Waals surface area contributed by atoms with Crippen molar-refractivity contribution in [3.05, 3.63) is 72.9 Å². The molecule has 0 radical (unpaired) electrons. The van der Waals surface area contributed by atoms with Gasteiger partial charge in [0.05, 0.1) is 25.4 Å². The van der Waals surface area contributed by atoms with Crippen molar-refractivity contribution in [1.29, 1.82) is 0 Å². The van der Waals surface area contributed by atoms with Crippen molar-refractivity contribution in [2.75, 3.05) is 13.2 Å². The highest BCUT2D eigenvalue weighted by Crippen LogP contribution is 2.26. The zero-order valence-corrected chi connectivity index (χ0v) is 49.3. The van der Waals surface area contributed by atoms with Gasteiger partial charge in [0.15, 0.2) is 12.4 Å². The molecule has 8 atom stereocenters. The highest BCUT2D eigenvalue weighted by atomic mass is 16.7. The van der Waals surface area contributed by atoms with Gasteiger partial charge in [-0.1, -0.05) is 241 Å². The number of unbranched alkanes of at least 4 members (excludes halogenated alkanes) is 29. The molecule has 1 fully saturated rings. The van der Waals surface area contributed by atoms with Gasteiger partial charge >= 0.3 is 5.97 Å². The van der Waals surface area contributed by atoms with Gasteiger partial charge in [-0.15, -0.1) is 0 Å². The summed E-state index contributed by atoms with van der Waals surface area (Å²) in [5.41, 5.74) is 0. The summed E-state index contributed by atoms with van der Waals surface area (Å²) in [6.45, 7) is 5.72. The number of esters is 1. The van der Waals surface area contributed by atoms with E-state index in [4.69, 9.17) is 14.2 Å². The molecular weight excluding hydrogens is 967 g/mol. The second-order valence-electron chi connectivity index (χ2n) is 21.8. The van der Waals surface area contributed by atoms with Gasteiger partial charge in [0.25, 0.3) is 0 Å². The Morgan fingerprint density at radius 1 is 0.506 bits per heavy atom. The zero-order valence-electron chi connectivity index (χ0n) is 49.3. The number of aliphatic hydroxyl groups excluding tert-OH is 5. The Balaban J connectivity index is 2.65. The third-order valence-electron chi connectivity index (χ3n) is 14.6. The number of nitrogens with one attached hydrogen (secondary N) is 1. The van der Waals surface area contributed by atoms with Crippen LogP contribution >= 0.6 is 0 Å². The van der Waals surface area contributed by atoms with E-state index in [1.165, 1.54) is 141 Å². The molecule has 0 saturated carbocycles. The molecule has 1 heterocycles. The van der Waals surface area contributed by atoms with Crippen molar-refractivity contribution < 1.29 is 49.3 Å². The van der Waals surface area contributed by atoms with Crippen molar-refractivity contribution in [1.82, 2.24) is 5.32 Å². The van der Waals surface area contributed by atoms with Gasteiger partial charge < -0.3 is 45.1 Å². The Morgan fingerprint density at radius 2 is 0.896 bits per heavy atom. The minimum absolute atomic E-state index is 0.116. The maximum atomic E-state index is 13.4. The normalized spacial score (nSPS) is 19.5. The van der Waals surface area contributed by atoms with Crippen LogP contribution in [-0.2, 0) is 23.8 Å². The fourth-order valence-corrected chi connectivity index (χ4v) is 9.51. The molecule has 0 aliphatic carbocycles. The lowest BCUT2D eigenvalue weighted by Gasteiger charge is -2.41. The van der Waals surface area contributed by atoms with Crippen molar-refractivity contribution >= 4 is 11.9 Å². The monoisotopic (exact) mass is 1080 g/mol. The lowest BCUT2D eigenvalue weighted by Crippen LogP contribution is -2.61. The first-order valence-electron chi connectivity index (χ1n) is 31.7. The molecule has 0 aromatic rings. The average molecular weight is 1080 g/mol. The van der Waals surface area contributed by atoms with E-state index >= 15 is 0 Å². The van der Waals surface area contributed by atoms with Gasteiger partial charge in [0, 0.05) is 6.42 Å². The summed E-state index contributed by atoms with van der Waals surface area (Å²) in [6, 6.07) is -1.04. The molecule has 0 spiro atoms. The van der Waals surface area contributed by atoms with E-state index in [0.29, 0.717) is 12.8 Å². The number of hydrogen-bond donors (Lipinski definition) is 6. The fraction of sp³-hybridized carbons (Fsp3) is 0.788. The average Bonchev–Trinajstić information content (AvgIpc) is 3.43. The molecule has 0 aromatic carbocycles. The smallest absolute Gasteiger partial charge is 0.306 e. The van der Waals surface area contributed by atoms with Gasteiger partial charge in [-0.25, -0.2) is 0 Å². The SMILES string of the molecule is CCCCC/C=C\C/C=C\C/C=C\CCCCCC(O)C(=O)NC(COC1OC(CO)C(O)C(O)C1OC(=O)CCCCCCCCCCCCC/C=C\C/C=C\CCCCC)C(O)/C=C/CCCCCCCCCCC. The highest BCUT2D eigenvalue weighted by molar-refractivity contribution is 5.80. The van der Waals surface area contributed by atoms with Crippen LogP contribution in [0.1, 0.15) is 271 Å². The Hall–Kier alpha value is -2.90. The summed E-state index contributed by atoms with van der Waals surface area (Å²) >= 11 is 0. The van der Waals surface area contributed by atoms with Crippen LogP contribution in [0.4, 0.5) is 0 Å². The Morgan fingerprint density at radius 3 is 1.36 bits per heavy atom. The summed E-state index contributed by atoms with van der Waals surface area (Å²) in [4.78, 5) is 26.5. The lowest BCUT2D eigenvalue weighted by molar-refractivity contribution is -0.305. The number of amides is 1. The molecule has 11 nitrogen and oxygen atoms in total. The molecule has 1 aliphatic rings. The second-order valence-corrected chi connectivity index (χ2v) is 21.8. The molecular formula is C66H117NO10. The molecule has 446 valence electrons. The van der Waals surface area contributed by atoms with E-state index in [0.717, 1.165) is 83.5 Å². The largest absolute Gasteiger partial charge is 0.454 e. The molecule has 1 rings (SSSR count). The summed E-state index contributed by atoms with van der Waals surface area (Å²) in [6.07, 6.45) is 57.9. The molecule has 6 N–H and O–H groups in total. The Labute approximate surface area is 471 Å². The third-order valence-corrected chi connectivity index (χ3v) is 14.6. The predicted molar refractivity (Wildman–Crippen MR) is 319 cm³/mol. The van der Waals surface area contributed by atoms with E-state index < -0.39 is 67.4 Å². The number of carbonyl (C=O) groups excluding carboxylic acids is 2. The minimum Gasteiger partial charge on any atom is -0.454 e. The summed E-state index contributed by atoms with van der Waals surface area (Å²) in [5, 5.41) is 56.9. The van der Waals surface area contributed by atoms with Crippen molar-refractivity contribution in [2.24, 2.45) is 0 Å². The lowest BCUT2D eigenvalue weighted by atomic mass is 9.99. The van der Waals surface area contributed by atoms with E-state index in [-0.39, 0.29) is 19.4 Å². The van der Waals surface area contributed by atoms with Crippen LogP contribution in [0.15, 0.2) is 72.9 Å². The fourth-order valence-electron chi connectivity index (χ4n) is 9.51. The number of carbonyl (C=O) groups is 2. The van der Waals surface area contributed by atoms with Crippen LogP contribution in [-0.4, -0.2) is 99.6 Å². The standard InChI is InChI=1S/C66H117NO10/c1-4-7-10-13-16-19-22-24-26-28-29-30-31-32-34-36-39-42-45-48-51-54-61(71)77-64-63(73)62(72)60(55-68)76-66(64)75-56-57(58(69)52-49-46-43-40-37-21-18-15-12-9-6-3)67-65(74)59(70)53-50-47-44-41-38-35-33-27-25-23-20-17-14-11-8-5-2/h16-17,19-20,24-27,35,38,49,52,57-60,62-64,66,68-70,72-73H,4-15,18,21-23,28-34,36-37,39-48,50-51,53-56H2,1-3H3,(H,67,74)/b19-16-,20-17-,26-24-,27-25-,38-35-,52-49+. The zero-order chi connectivity index (χ0) is 56.1. The second kappa shape index (κ2) is 53.7. The first-order chi connectivity index (χ1) is 37.7. The maximum Gasteiger partial charge on any atom is 0.306 e. The van der Waals surface area contributed by atoms with Crippen LogP contribution in [0, 0.1) is 0 Å². The van der Waals surface area contributed by atoms with E-state index in [9.17, 15) is 35.1 Å². The molecule has 0 aromatic heterocycles. The first kappa shape index (κ1) is 72.1. The molecule has 0 bridgehead atoms. The number of allylic oxidation sites excluding steroid dienone is 11. The van der Waals surface area contributed by atoms with E-state index in [2.05, 4.69) is 86.8 Å². The first-order valence-corrected chi connectivity index (χ1v) is 31.7. The van der Waals surface area contributed by atoms with Gasteiger partial charge in [-0.05, 0) is 96.3 Å². The predicted octanol–water partition coefficient (Wildman–Crippen LogP) is 15.2. The van der Waals surface area contributed by atoms with Crippen LogP contribution in [0.3, 0.4) is 0 Å². The Kier molecular flexibility index (Phi) is 50.3. The number of aliphatic hydroxyl groups is 5. The number of rotatable bonds is 53. The minimum atomic E-state index is -1.62. The topological polar surface area (TPSA) is 175 Å². The van der Waals surface area contributed by atoms with Crippen molar-refractivity contribution in [3.8, 4) is 0 Å². The van der Waals surface area contributed by atoms with E-state index in [1.54, 1.807) is 6.08 Å². The van der Waals surface area contributed by atoms with Crippen LogP contribution < -0.4 is 5.32 Å². The highest BCUT2D eigenvalue weighted by Gasteiger charge is 2.47. The Bertz CT molecular complexity index is 1530. The quantitative estimate of drug-likeness (QED) is 0.0195. The summed E-state index contributed by atoms with van der Waals surface area (Å²) < 4.78 is 17.6. The van der Waals surface area contributed by atoms with Crippen LogP contribution in [0.5, 0.6) is 0 Å². The number of ether oxygens (including phenoxy) is 3. The molecule has 11 heteroatoms. The van der Waals surface area contributed by atoms with Crippen molar-refractivity contribution in [2.45, 2.75) is 320 Å². The molecule has 77 heavy (non-hydrogen) atoms. The van der Waals surface area contributed by atoms with Gasteiger partial charge in [0.1, 0.15) is 24.4 Å². The molecule has 8 unspecified atom stereocenters. The van der Waals surface area contributed by atoms with Crippen LogP contribution in [0.25, 0.3) is 0 Å². The van der Waals surface area contributed by atoms with Gasteiger partial charge in [-0.3, -0.25) is 9.59 Å². The van der Waals surface area contributed by atoms with Gasteiger partial charge in [0.2, 0.25) is 5.91 Å².